The van der Waals surface area contributed by atoms with Gasteiger partial charge in [0.15, 0.2) is 5.76 Å². The minimum Gasteiger partial charge on any atom is -0.462 e. The van der Waals surface area contributed by atoms with Crippen LogP contribution in [0, 0.1) is 6.92 Å². The van der Waals surface area contributed by atoms with Crippen LogP contribution in [0.1, 0.15) is 32.2 Å². The molecule has 0 fully saturated rings. The topological polar surface area (TPSA) is 65.7 Å². The summed E-state index contributed by atoms with van der Waals surface area (Å²) in [5.74, 6) is 1.39. The highest BCUT2D eigenvalue weighted by Crippen LogP contribution is 2.35. The first-order valence-electron chi connectivity index (χ1n) is 8.02. The van der Waals surface area contributed by atoms with Crippen molar-refractivity contribution in [1.82, 2.24) is 0 Å². The van der Waals surface area contributed by atoms with Gasteiger partial charge in [-0.1, -0.05) is 18.2 Å². The Morgan fingerprint density at radius 2 is 1.85 bits per heavy atom. The predicted molar refractivity (Wildman–Crippen MR) is 94.2 cm³/mol. The van der Waals surface area contributed by atoms with Crippen LogP contribution < -0.4 is 9.47 Å². The number of ketones is 1. The normalized spacial score (nSPS) is 14.2. The van der Waals surface area contributed by atoms with Crippen LogP contribution in [0.2, 0.25) is 0 Å². The van der Waals surface area contributed by atoms with E-state index in [1.807, 2.05) is 13.0 Å². The zero-order chi connectivity index (χ0) is 18.1. The number of carbonyl (C=O) groups is 2. The number of fused-ring (bicyclic) bond motifs is 1. The molecular weight excluding hydrogens is 332 g/mol. The molecule has 0 saturated heterocycles. The maximum Gasteiger partial charge on any atom is 0.343 e. The number of aryl methyl sites for hydroxylation is 1. The van der Waals surface area contributed by atoms with Crippen molar-refractivity contribution in [1.29, 1.82) is 0 Å². The van der Waals surface area contributed by atoms with Crippen molar-refractivity contribution in [2.75, 3.05) is 0 Å². The van der Waals surface area contributed by atoms with Crippen molar-refractivity contribution in [2.24, 2.45) is 0 Å². The van der Waals surface area contributed by atoms with Crippen molar-refractivity contribution in [3.63, 3.8) is 0 Å². The van der Waals surface area contributed by atoms with Crippen LogP contribution in [0.4, 0.5) is 0 Å². The van der Waals surface area contributed by atoms with Gasteiger partial charge in [0.05, 0.1) is 11.1 Å². The minimum atomic E-state index is -0.475. The molecule has 2 aromatic carbocycles. The molecule has 0 radical (unpaired) electrons. The molecule has 0 bridgehead atoms. The van der Waals surface area contributed by atoms with Crippen LogP contribution in [0.3, 0.4) is 0 Å². The first kappa shape index (κ1) is 15.9. The van der Waals surface area contributed by atoms with Crippen molar-refractivity contribution >= 4 is 17.8 Å². The van der Waals surface area contributed by atoms with Crippen LogP contribution in [0.5, 0.6) is 11.5 Å². The first-order valence-corrected chi connectivity index (χ1v) is 8.02. The summed E-state index contributed by atoms with van der Waals surface area (Å²) >= 11 is 0. The molecule has 4 rings (SSSR count). The number of hydrogen-bond donors (Lipinski definition) is 0. The summed E-state index contributed by atoms with van der Waals surface area (Å²) in [6.07, 6.45) is 1.55. The van der Waals surface area contributed by atoms with Crippen LogP contribution in [-0.4, -0.2) is 11.8 Å². The summed E-state index contributed by atoms with van der Waals surface area (Å²) in [6, 6.07) is 16.9. The van der Waals surface area contributed by atoms with Crippen LogP contribution in [0.15, 0.2) is 70.8 Å². The van der Waals surface area contributed by atoms with Crippen molar-refractivity contribution in [3.05, 3.63) is 89.1 Å². The van der Waals surface area contributed by atoms with E-state index in [0.717, 1.165) is 5.76 Å². The van der Waals surface area contributed by atoms with Gasteiger partial charge >= 0.3 is 5.97 Å². The van der Waals surface area contributed by atoms with Gasteiger partial charge in [-0.2, -0.15) is 0 Å². The largest absolute Gasteiger partial charge is 0.462 e. The zero-order valence-corrected chi connectivity index (χ0v) is 13.9. The van der Waals surface area contributed by atoms with E-state index in [1.54, 1.807) is 54.6 Å². The fourth-order valence-electron chi connectivity index (χ4n) is 2.63. The smallest absolute Gasteiger partial charge is 0.343 e. The number of hydrogen-bond acceptors (Lipinski definition) is 5. The van der Waals surface area contributed by atoms with Crippen molar-refractivity contribution < 1.29 is 23.5 Å². The Hall–Kier alpha value is -3.60. The molecule has 1 aliphatic rings. The van der Waals surface area contributed by atoms with E-state index in [2.05, 4.69) is 0 Å². The van der Waals surface area contributed by atoms with Gasteiger partial charge in [-0.05, 0) is 43.3 Å². The van der Waals surface area contributed by atoms with Gasteiger partial charge in [-0.15, -0.1) is 0 Å². The Bertz CT molecular complexity index is 1030. The fraction of sp³-hybridized carbons (Fsp3) is 0.0476. The summed E-state index contributed by atoms with van der Waals surface area (Å²) in [5.41, 5.74) is 0.859. The molecule has 3 aromatic rings. The number of esters is 1. The highest BCUT2D eigenvalue weighted by atomic mass is 16.5. The quantitative estimate of drug-likeness (QED) is 0.399. The third-order valence-electron chi connectivity index (χ3n) is 3.90. The summed E-state index contributed by atoms with van der Waals surface area (Å²) in [5, 5.41) is 0. The second kappa shape index (κ2) is 6.37. The zero-order valence-electron chi connectivity index (χ0n) is 13.9. The molecular formula is C21H14O5. The number of carbonyl (C=O) groups excluding carboxylic acids is 2. The van der Waals surface area contributed by atoms with Gasteiger partial charge in [0.2, 0.25) is 5.78 Å². The lowest BCUT2D eigenvalue weighted by Gasteiger charge is -2.05. The fourth-order valence-corrected chi connectivity index (χ4v) is 2.63. The summed E-state index contributed by atoms with van der Waals surface area (Å²) in [4.78, 5) is 24.6. The Morgan fingerprint density at radius 1 is 1.04 bits per heavy atom. The maximum atomic E-state index is 12.4. The summed E-state index contributed by atoms with van der Waals surface area (Å²) in [7, 11) is 0. The minimum absolute atomic E-state index is 0.167. The van der Waals surface area contributed by atoms with E-state index in [0.29, 0.717) is 28.4 Å². The van der Waals surface area contributed by atoms with Gasteiger partial charge in [0.1, 0.15) is 23.0 Å². The van der Waals surface area contributed by atoms with Gasteiger partial charge in [0.25, 0.3) is 0 Å². The van der Waals surface area contributed by atoms with Crippen LogP contribution in [-0.2, 0) is 0 Å². The lowest BCUT2D eigenvalue weighted by Crippen LogP contribution is -2.08. The Kier molecular flexibility index (Phi) is 3.89. The number of furan rings is 1. The van der Waals surface area contributed by atoms with E-state index in [9.17, 15) is 9.59 Å². The van der Waals surface area contributed by atoms with Crippen LogP contribution in [0.25, 0.3) is 6.08 Å². The molecule has 5 nitrogen and oxygen atoms in total. The van der Waals surface area contributed by atoms with E-state index in [4.69, 9.17) is 13.9 Å². The monoisotopic (exact) mass is 346 g/mol. The molecule has 1 aromatic heterocycles. The van der Waals surface area contributed by atoms with E-state index < -0.39 is 5.97 Å². The van der Waals surface area contributed by atoms with Gasteiger partial charge in [-0.25, -0.2) is 4.79 Å². The van der Waals surface area contributed by atoms with Crippen molar-refractivity contribution in [2.45, 2.75) is 6.92 Å². The standard InChI is InChI=1S/C21H14O5/c1-13-7-8-15(24-13)12-19-20(22)17-10-9-16(11-18(17)26-19)25-21(23)14-5-3-2-4-6-14/h2-12H,1H3/b19-12+. The molecule has 0 unspecified atom stereocenters. The molecule has 26 heavy (non-hydrogen) atoms. The molecule has 0 amide bonds. The average Bonchev–Trinajstić information content (AvgIpc) is 3.19. The van der Waals surface area contributed by atoms with Gasteiger partial charge < -0.3 is 13.9 Å². The molecule has 0 aliphatic carbocycles. The third kappa shape index (κ3) is 3.02. The molecule has 128 valence electrons. The predicted octanol–water partition coefficient (Wildman–Crippen LogP) is 4.42. The summed E-state index contributed by atoms with van der Waals surface area (Å²) < 4.78 is 16.4. The lowest BCUT2D eigenvalue weighted by molar-refractivity contribution is 0.0734. The van der Waals surface area contributed by atoms with Crippen LogP contribution >= 0.6 is 0 Å². The summed E-state index contributed by atoms with van der Waals surface area (Å²) in [6.45, 7) is 1.82. The molecule has 2 heterocycles. The Morgan fingerprint density at radius 3 is 2.58 bits per heavy atom. The van der Waals surface area contributed by atoms with E-state index in [1.165, 1.54) is 6.07 Å². The number of Topliss-reactive ketones (excluding diaryl/α,β-unsaturated/α-hetero) is 1. The Balaban J connectivity index is 1.56. The molecule has 1 aliphatic heterocycles. The second-order valence-electron chi connectivity index (χ2n) is 5.80. The number of allylic oxidation sites excluding steroid dienone is 1. The highest BCUT2D eigenvalue weighted by molar-refractivity contribution is 6.14. The van der Waals surface area contributed by atoms with E-state index in [-0.39, 0.29) is 11.5 Å². The molecule has 0 saturated carbocycles. The van der Waals surface area contributed by atoms with Gasteiger partial charge in [-0.3, -0.25) is 4.79 Å². The third-order valence-corrected chi connectivity index (χ3v) is 3.90. The Labute approximate surface area is 149 Å². The SMILES string of the molecule is Cc1ccc(/C=C2/Oc3cc(OC(=O)c4ccccc4)ccc3C2=O)o1. The maximum absolute atomic E-state index is 12.4. The number of benzene rings is 2. The number of ether oxygens (including phenoxy) is 2. The second-order valence-corrected chi connectivity index (χ2v) is 5.80. The molecule has 5 heteroatoms. The lowest BCUT2D eigenvalue weighted by atomic mass is 10.1. The van der Waals surface area contributed by atoms with E-state index >= 15 is 0 Å². The molecule has 0 atom stereocenters. The highest BCUT2D eigenvalue weighted by Gasteiger charge is 2.28. The molecule has 0 N–H and O–H groups in total. The van der Waals surface area contributed by atoms with Crippen molar-refractivity contribution in [3.8, 4) is 11.5 Å². The average molecular weight is 346 g/mol. The molecule has 0 spiro atoms. The van der Waals surface area contributed by atoms with Gasteiger partial charge in [0, 0.05) is 12.1 Å². The first-order chi connectivity index (χ1) is 12.6. The number of rotatable bonds is 3.